The Morgan fingerprint density at radius 3 is 2.61 bits per heavy atom. The van der Waals surface area contributed by atoms with Gasteiger partial charge in [0.15, 0.2) is 0 Å². The van der Waals surface area contributed by atoms with Gasteiger partial charge in [0.25, 0.3) is 0 Å². The molecule has 1 aromatic carbocycles. The lowest BCUT2D eigenvalue weighted by atomic mass is 9.98. The van der Waals surface area contributed by atoms with E-state index in [1.54, 1.807) is 5.56 Å². The number of hydrogen-bond acceptors (Lipinski definition) is 2. The fourth-order valence-corrected chi connectivity index (χ4v) is 2.76. The van der Waals surface area contributed by atoms with Crippen LogP contribution in [-0.2, 0) is 13.0 Å². The van der Waals surface area contributed by atoms with E-state index in [-0.39, 0.29) is 0 Å². The first kappa shape index (κ1) is 13.6. The Hall–Kier alpha value is -0.860. The zero-order valence-corrected chi connectivity index (χ0v) is 11.9. The fraction of sp³-hybridized carbons (Fsp3) is 0.625. The van der Waals surface area contributed by atoms with Crippen molar-refractivity contribution in [2.75, 3.05) is 19.6 Å². The van der Waals surface area contributed by atoms with Gasteiger partial charge in [0, 0.05) is 25.7 Å². The lowest BCUT2D eigenvalue weighted by Gasteiger charge is -2.33. The lowest BCUT2D eigenvalue weighted by Crippen LogP contribution is -2.45. The highest BCUT2D eigenvalue weighted by Gasteiger charge is 2.20. The summed E-state index contributed by atoms with van der Waals surface area (Å²) in [5.41, 5.74) is 3.06. The molecule has 1 aliphatic rings. The van der Waals surface area contributed by atoms with E-state index < -0.39 is 0 Å². The summed E-state index contributed by atoms with van der Waals surface area (Å²) in [7, 11) is 0. The summed E-state index contributed by atoms with van der Waals surface area (Å²) in [5.74, 6) is 0.696. The topological polar surface area (TPSA) is 15.3 Å². The van der Waals surface area contributed by atoms with E-state index in [4.69, 9.17) is 0 Å². The number of fused-ring (bicyclic) bond motifs is 1. The van der Waals surface area contributed by atoms with Crippen LogP contribution < -0.4 is 5.32 Å². The van der Waals surface area contributed by atoms with Crippen LogP contribution in [-0.4, -0.2) is 30.6 Å². The molecule has 1 N–H and O–H groups in total. The van der Waals surface area contributed by atoms with Crippen molar-refractivity contribution in [3.63, 3.8) is 0 Å². The van der Waals surface area contributed by atoms with Gasteiger partial charge in [0.05, 0.1) is 0 Å². The van der Waals surface area contributed by atoms with E-state index in [1.807, 2.05) is 0 Å². The van der Waals surface area contributed by atoms with Gasteiger partial charge in [-0.25, -0.2) is 0 Å². The van der Waals surface area contributed by atoms with Gasteiger partial charge in [-0.3, -0.25) is 4.90 Å². The minimum atomic E-state index is 0.611. The molecule has 2 nitrogen and oxygen atoms in total. The molecule has 2 rings (SSSR count). The predicted molar refractivity (Wildman–Crippen MR) is 77.7 cm³/mol. The molecule has 0 aromatic heterocycles. The van der Waals surface area contributed by atoms with Gasteiger partial charge in [-0.15, -0.1) is 0 Å². The normalized spacial score (nSPS) is 17.8. The highest BCUT2D eigenvalue weighted by atomic mass is 15.2. The Balaban J connectivity index is 1.96. The second-order valence-electron chi connectivity index (χ2n) is 5.66. The van der Waals surface area contributed by atoms with Crippen molar-refractivity contribution in [2.24, 2.45) is 5.92 Å². The quantitative estimate of drug-likeness (QED) is 0.859. The monoisotopic (exact) mass is 246 g/mol. The Kier molecular flexibility index (Phi) is 4.79. The average molecular weight is 246 g/mol. The van der Waals surface area contributed by atoms with Gasteiger partial charge in [-0.05, 0) is 30.0 Å². The minimum Gasteiger partial charge on any atom is -0.313 e. The van der Waals surface area contributed by atoms with Crippen LogP contribution in [0.2, 0.25) is 0 Å². The van der Waals surface area contributed by atoms with Crippen LogP contribution in [0.15, 0.2) is 24.3 Å². The van der Waals surface area contributed by atoms with Crippen LogP contribution in [0.4, 0.5) is 0 Å². The first-order chi connectivity index (χ1) is 8.70. The third-order valence-corrected chi connectivity index (χ3v) is 3.94. The van der Waals surface area contributed by atoms with Gasteiger partial charge < -0.3 is 5.32 Å². The molecule has 0 spiro atoms. The van der Waals surface area contributed by atoms with Crippen LogP contribution in [0.25, 0.3) is 0 Å². The molecule has 2 heteroatoms. The van der Waals surface area contributed by atoms with Crippen molar-refractivity contribution in [3.8, 4) is 0 Å². The second kappa shape index (κ2) is 6.35. The van der Waals surface area contributed by atoms with Gasteiger partial charge in [-0.2, -0.15) is 0 Å². The van der Waals surface area contributed by atoms with Crippen molar-refractivity contribution in [2.45, 2.75) is 39.8 Å². The summed E-state index contributed by atoms with van der Waals surface area (Å²) in [6.07, 6.45) is 1.20. The Morgan fingerprint density at radius 1 is 1.22 bits per heavy atom. The average Bonchev–Trinajstić information content (AvgIpc) is 2.38. The summed E-state index contributed by atoms with van der Waals surface area (Å²) in [6, 6.07) is 9.48. The molecule has 0 saturated heterocycles. The summed E-state index contributed by atoms with van der Waals surface area (Å²) in [6.45, 7) is 11.4. The molecule has 0 saturated carbocycles. The third-order valence-electron chi connectivity index (χ3n) is 3.94. The largest absolute Gasteiger partial charge is 0.313 e. The van der Waals surface area contributed by atoms with Crippen LogP contribution in [0.1, 0.15) is 31.9 Å². The van der Waals surface area contributed by atoms with Gasteiger partial charge in [0.2, 0.25) is 0 Å². The van der Waals surface area contributed by atoms with E-state index in [2.05, 4.69) is 55.3 Å². The van der Waals surface area contributed by atoms with E-state index in [9.17, 15) is 0 Å². The highest BCUT2D eigenvalue weighted by Crippen LogP contribution is 2.19. The summed E-state index contributed by atoms with van der Waals surface area (Å²) < 4.78 is 0. The molecular formula is C16H26N2. The van der Waals surface area contributed by atoms with Crippen molar-refractivity contribution in [3.05, 3.63) is 35.4 Å². The molecule has 0 bridgehead atoms. The maximum Gasteiger partial charge on any atom is 0.0237 e. The van der Waals surface area contributed by atoms with Crippen LogP contribution in [0.3, 0.4) is 0 Å². The van der Waals surface area contributed by atoms with Gasteiger partial charge in [0.1, 0.15) is 0 Å². The smallest absolute Gasteiger partial charge is 0.0237 e. The number of nitrogens with one attached hydrogen (secondary N) is 1. The molecule has 18 heavy (non-hydrogen) atoms. The Morgan fingerprint density at radius 2 is 1.94 bits per heavy atom. The van der Waals surface area contributed by atoms with Gasteiger partial charge in [-0.1, -0.05) is 45.0 Å². The van der Waals surface area contributed by atoms with Crippen molar-refractivity contribution in [1.29, 1.82) is 0 Å². The van der Waals surface area contributed by atoms with E-state index in [0.29, 0.717) is 12.0 Å². The lowest BCUT2D eigenvalue weighted by molar-refractivity contribution is 0.204. The molecule has 0 amide bonds. The minimum absolute atomic E-state index is 0.611. The summed E-state index contributed by atoms with van der Waals surface area (Å²) in [5, 5.41) is 3.61. The van der Waals surface area contributed by atoms with Crippen LogP contribution >= 0.6 is 0 Å². The maximum atomic E-state index is 3.61. The second-order valence-corrected chi connectivity index (χ2v) is 5.66. The van der Waals surface area contributed by atoms with Crippen LogP contribution in [0, 0.1) is 5.92 Å². The molecule has 1 aliphatic heterocycles. The van der Waals surface area contributed by atoms with Crippen molar-refractivity contribution < 1.29 is 0 Å². The zero-order chi connectivity index (χ0) is 13.0. The first-order valence-electron chi connectivity index (χ1n) is 7.23. The number of benzene rings is 1. The molecular weight excluding hydrogens is 220 g/mol. The summed E-state index contributed by atoms with van der Waals surface area (Å²) >= 11 is 0. The van der Waals surface area contributed by atoms with E-state index in [1.165, 1.54) is 25.1 Å². The maximum absolute atomic E-state index is 3.61. The molecule has 100 valence electrons. The van der Waals surface area contributed by atoms with Crippen molar-refractivity contribution in [1.82, 2.24) is 10.2 Å². The SMILES string of the molecule is CCNC(CN1CCc2ccccc2C1)C(C)C. The molecule has 1 unspecified atom stereocenters. The zero-order valence-electron chi connectivity index (χ0n) is 11.9. The van der Waals surface area contributed by atoms with Crippen LogP contribution in [0.5, 0.6) is 0 Å². The number of likely N-dealkylation sites (N-methyl/N-ethyl adjacent to an activating group) is 1. The molecule has 1 heterocycles. The van der Waals surface area contributed by atoms with E-state index >= 15 is 0 Å². The van der Waals surface area contributed by atoms with Gasteiger partial charge >= 0.3 is 0 Å². The Labute approximate surface area is 111 Å². The molecule has 0 aliphatic carbocycles. The highest BCUT2D eigenvalue weighted by molar-refractivity contribution is 5.29. The molecule has 0 radical (unpaired) electrons. The first-order valence-corrected chi connectivity index (χ1v) is 7.23. The molecule has 1 aromatic rings. The summed E-state index contributed by atoms with van der Waals surface area (Å²) in [4.78, 5) is 2.59. The number of rotatable bonds is 5. The Bertz CT molecular complexity index is 373. The van der Waals surface area contributed by atoms with Crippen molar-refractivity contribution >= 4 is 0 Å². The fourth-order valence-electron chi connectivity index (χ4n) is 2.76. The molecule has 1 atom stereocenters. The predicted octanol–water partition coefficient (Wildman–Crippen LogP) is 2.68. The number of nitrogens with zero attached hydrogens (tertiary/aromatic N) is 1. The van der Waals surface area contributed by atoms with E-state index in [0.717, 1.165) is 13.1 Å². The molecule has 0 fully saturated rings. The third kappa shape index (κ3) is 3.33. The number of hydrogen-bond donors (Lipinski definition) is 1. The standard InChI is InChI=1S/C16H26N2/c1-4-17-16(13(2)3)12-18-10-9-14-7-5-6-8-15(14)11-18/h5-8,13,16-17H,4,9-12H2,1-3H3.